The number of carbonyl (C=O) groups is 1. The van der Waals surface area contributed by atoms with E-state index in [1.165, 1.54) is 5.56 Å². The van der Waals surface area contributed by atoms with Gasteiger partial charge in [0.1, 0.15) is 11.4 Å². The minimum absolute atomic E-state index is 0.0820. The van der Waals surface area contributed by atoms with Crippen molar-refractivity contribution in [2.24, 2.45) is 0 Å². The van der Waals surface area contributed by atoms with Gasteiger partial charge in [0.25, 0.3) is 5.91 Å². The second-order valence-corrected chi connectivity index (χ2v) is 7.05. The molecule has 1 heterocycles. The van der Waals surface area contributed by atoms with Crippen LogP contribution in [0.25, 0.3) is 11.3 Å². The predicted octanol–water partition coefficient (Wildman–Crippen LogP) is 4.66. The number of amides is 1. The molecule has 5 heteroatoms. The smallest absolute Gasteiger partial charge is 0.264 e. The number of aromatic nitrogens is 1. The van der Waals surface area contributed by atoms with E-state index in [0.717, 1.165) is 5.56 Å². The summed E-state index contributed by atoms with van der Waals surface area (Å²) in [4.78, 5) is 12.0. The lowest BCUT2D eigenvalue weighted by Gasteiger charge is -2.19. The van der Waals surface area contributed by atoms with Crippen LogP contribution in [0.15, 0.2) is 65.2 Å². The van der Waals surface area contributed by atoms with Crippen molar-refractivity contribution in [3.05, 3.63) is 66.2 Å². The van der Waals surface area contributed by atoms with Gasteiger partial charge < -0.3 is 9.26 Å². The quantitative estimate of drug-likeness (QED) is 0.727. The van der Waals surface area contributed by atoms with Crippen LogP contribution in [0.4, 0.5) is 5.88 Å². The highest BCUT2D eigenvalue weighted by Gasteiger charge is 2.14. The van der Waals surface area contributed by atoms with E-state index in [2.05, 4.69) is 31.2 Å². The summed E-state index contributed by atoms with van der Waals surface area (Å²) in [5.74, 6) is 0.636. The molecule has 1 amide bonds. The van der Waals surface area contributed by atoms with Gasteiger partial charge in [-0.05, 0) is 23.1 Å². The van der Waals surface area contributed by atoms with Crippen LogP contribution in [0.5, 0.6) is 5.75 Å². The van der Waals surface area contributed by atoms with Gasteiger partial charge in [0.15, 0.2) is 6.61 Å². The maximum atomic E-state index is 12.0. The lowest BCUT2D eigenvalue weighted by Crippen LogP contribution is -2.20. The number of rotatable bonds is 5. The zero-order valence-electron chi connectivity index (χ0n) is 15.2. The van der Waals surface area contributed by atoms with Gasteiger partial charge in [0.2, 0.25) is 5.88 Å². The Morgan fingerprint density at radius 1 is 1.08 bits per heavy atom. The van der Waals surface area contributed by atoms with Gasteiger partial charge in [-0.1, -0.05) is 68.4 Å². The Morgan fingerprint density at radius 2 is 1.77 bits per heavy atom. The van der Waals surface area contributed by atoms with Crippen molar-refractivity contribution in [1.29, 1.82) is 0 Å². The average Bonchev–Trinajstić information content (AvgIpc) is 3.09. The zero-order valence-corrected chi connectivity index (χ0v) is 15.2. The van der Waals surface area contributed by atoms with Crippen molar-refractivity contribution in [1.82, 2.24) is 5.16 Å². The Balaban J connectivity index is 1.54. The molecule has 0 radical (unpaired) electrons. The number of nitrogens with one attached hydrogen (secondary N) is 1. The minimum Gasteiger partial charge on any atom is -0.484 e. The maximum absolute atomic E-state index is 12.0. The van der Waals surface area contributed by atoms with E-state index in [0.29, 0.717) is 17.3 Å². The molecular weight excluding hydrogens is 328 g/mol. The van der Waals surface area contributed by atoms with Crippen LogP contribution in [0, 0.1) is 0 Å². The molecule has 0 bridgehead atoms. The SMILES string of the molecule is CC(C)(C)c1ccc(OCC(=O)Nc2cc(-c3ccccc3)no2)cc1. The third kappa shape index (κ3) is 4.51. The van der Waals surface area contributed by atoms with Crippen molar-refractivity contribution < 1.29 is 14.1 Å². The summed E-state index contributed by atoms with van der Waals surface area (Å²) < 4.78 is 10.7. The first-order chi connectivity index (χ1) is 12.4. The fourth-order valence-electron chi connectivity index (χ4n) is 2.45. The number of anilines is 1. The number of hydrogen-bond donors (Lipinski definition) is 1. The highest BCUT2D eigenvalue weighted by Crippen LogP contribution is 2.24. The van der Waals surface area contributed by atoms with E-state index < -0.39 is 0 Å². The fourth-order valence-corrected chi connectivity index (χ4v) is 2.45. The topological polar surface area (TPSA) is 64.4 Å². The molecule has 0 saturated carbocycles. The summed E-state index contributed by atoms with van der Waals surface area (Å²) in [6.07, 6.45) is 0. The van der Waals surface area contributed by atoms with Crippen molar-refractivity contribution >= 4 is 11.8 Å². The second kappa shape index (κ2) is 7.44. The van der Waals surface area contributed by atoms with Gasteiger partial charge in [0, 0.05) is 11.6 Å². The molecule has 2 aromatic carbocycles. The van der Waals surface area contributed by atoms with Gasteiger partial charge in [-0.2, -0.15) is 0 Å². The molecule has 0 aliphatic carbocycles. The third-order valence-corrected chi connectivity index (χ3v) is 3.93. The summed E-state index contributed by atoms with van der Waals surface area (Å²) in [5.41, 5.74) is 2.88. The molecule has 0 aliphatic heterocycles. The van der Waals surface area contributed by atoms with Gasteiger partial charge in [-0.3, -0.25) is 10.1 Å². The van der Waals surface area contributed by atoms with E-state index in [1.807, 2.05) is 54.6 Å². The molecule has 0 spiro atoms. The third-order valence-electron chi connectivity index (χ3n) is 3.93. The Morgan fingerprint density at radius 3 is 2.42 bits per heavy atom. The molecule has 1 N–H and O–H groups in total. The summed E-state index contributed by atoms with van der Waals surface area (Å²) in [7, 11) is 0. The molecule has 26 heavy (non-hydrogen) atoms. The first kappa shape index (κ1) is 17.7. The number of nitrogens with zero attached hydrogens (tertiary/aromatic N) is 1. The van der Waals surface area contributed by atoms with Crippen LogP contribution in [0.1, 0.15) is 26.3 Å². The van der Waals surface area contributed by atoms with Gasteiger partial charge in [0.05, 0.1) is 0 Å². The molecule has 0 saturated heterocycles. The number of hydrogen-bond acceptors (Lipinski definition) is 4. The van der Waals surface area contributed by atoms with Crippen LogP contribution < -0.4 is 10.1 Å². The monoisotopic (exact) mass is 350 g/mol. The molecule has 0 atom stereocenters. The molecule has 3 rings (SSSR count). The number of carbonyl (C=O) groups excluding carboxylic acids is 1. The van der Waals surface area contributed by atoms with Crippen LogP contribution in [0.2, 0.25) is 0 Å². The Hall–Kier alpha value is -3.08. The predicted molar refractivity (Wildman–Crippen MR) is 101 cm³/mol. The molecule has 0 aliphatic rings. The van der Waals surface area contributed by atoms with Crippen molar-refractivity contribution in [2.45, 2.75) is 26.2 Å². The Kier molecular flexibility index (Phi) is 5.07. The molecule has 1 aromatic heterocycles. The van der Waals surface area contributed by atoms with Gasteiger partial charge in [-0.15, -0.1) is 0 Å². The molecule has 0 fully saturated rings. The molecular formula is C21H22N2O3. The van der Waals surface area contributed by atoms with Gasteiger partial charge >= 0.3 is 0 Å². The van der Waals surface area contributed by atoms with E-state index in [9.17, 15) is 4.79 Å². The normalized spacial score (nSPS) is 11.2. The van der Waals surface area contributed by atoms with Crippen LogP contribution in [-0.4, -0.2) is 17.7 Å². The van der Waals surface area contributed by atoms with Crippen molar-refractivity contribution in [3.8, 4) is 17.0 Å². The van der Waals surface area contributed by atoms with Crippen LogP contribution in [-0.2, 0) is 10.2 Å². The standard InChI is InChI=1S/C21H22N2O3/c1-21(2,3)16-9-11-17(12-10-16)25-14-19(24)22-20-13-18(23-26-20)15-7-5-4-6-8-15/h4-13H,14H2,1-3H3,(H,22,24). The second-order valence-electron chi connectivity index (χ2n) is 7.05. The van der Waals surface area contributed by atoms with E-state index in [1.54, 1.807) is 6.07 Å². The summed E-state index contributed by atoms with van der Waals surface area (Å²) in [6, 6.07) is 19.1. The van der Waals surface area contributed by atoms with E-state index in [-0.39, 0.29) is 17.9 Å². The minimum atomic E-state index is -0.305. The summed E-state index contributed by atoms with van der Waals surface area (Å²) in [5, 5.41) is 6.60. The fraction of sp³-hybridized carbons (Fsp3) is 0.238. The van der Waals surface area contributed by atoms with E-state index in [4.69, 9.17) is 9.26 Å². The lowest BCUT2D eigenvalue weighted by atomic mass is 9.87. The van der Waals surface area contributed by atoms with Crippen molar-refractivity contribution in [3.63, 3.8) is 0 Å². The molecule has 5 nitrogen and oxygen atoms in total. The number of benzene rings is 2. The molecule has 3 aromatic rings. The maximum Gasteiger partial charge on any atom is 0.264 e. The van der Waals surface area contributed by atoms with Crippen LogP contribution >= 0.6 is 0 Å². The zero-order chi connectivity index (χ0) is 18.6. The Bertz CT molecular complexity index is 862. The van der Waals surface area contributed by atoms with Crippen molar-refractivity contribution in [2.75, 3.05) is 11.9 Å². The number of ether oxygens (including phenoxy) is 1. The molecule has 134 valence electrons. The highest BCUT2D eigenvalue weighted by atomic mass is 16.5. The largest absolute Gasteiger partial charge is 0.484 e. The van der Waals surface area contributed by atoms with Gasteiger partial charge in [-0.25, -0.2) is 0 Å². The summed E-state index contributed by atoms with van der Waals surface area (Å²) in [6.45, 7) is 6.35. The van der Waals surface area contributed by atoms with E-state index >= 15 is 0 Å². The Labute approximate surface area is 153 Å². The lowest BCUT2D eigenvalue weighted by molar-refractivity contribution is -0.118. The average molecular weight is 350 g/mol. The first-order valence-electron chi connectivity index (χ1n) is 8.47. The highest BCUT2D eigenvalue weighted by molar-refractivity contribution is 5.91. The van der Waals surface area contributed by atoms with Crippen LogP contribution in [0.3, 0.4) is 0 Å². The molecule has 0 unspecified atom stereocenters. The first-order valence-corrected chi connectivity index (χ1v) is 8.47. The summed E-state index contributed by atoms with van der Waals surface area (Å²) >= 11 is 0.